The fraction of sp³-hybridized carbons (Fsp3) is 0.500. The molecular formula is C14H20O3. The molecule has 1 rings (SSSR count). The number of benzene rings is 1. The molecule has 0 amide bonds. The summed E-state index contributed by atoms with van der Waals surface area (Å²) in [5, 5.41) is 0. The molecule has 0 aromatic heterocycles. The van der Waals surface area contributed by atoms with Crippen LogP contribution in [-0.4, -0.2) is 19.7 Å². The molecule has 0 spiro atoms. The molecule has 0 fully saturated rings. The predicted molar refractivity (Wildman–Crippen MR) is 67.3 cm³/mol. The highest BCUT2D eigenvalue weighted by molar-refractivity contribution is 5.77. The van der Waals surface area contributed by atoms with Crippen molar-refractivity contribution in [2.75, 3.05) is 13.7 Å². The minimum atomic E-state index is -0.224. The van der Waals surface area contributed by atoms with Crippen LogP contribution < -0.4 is 4.74 Å². The Kier molecular flexibility index (Phi) is 5.53. The molecule has 0 heterocycles. The van der Waals surface area contributed by atoms with Crippen molar-refractivity contribution in [1.82, 2.24) is 0 Å². The lowest BCUT2D eigenvalue weighted by molar-refractivity contribution is -0.145. The highest BCUT2D eigenvalue weighted by Gasteiger charge is 2.16. The van der Waals surface area contributed by atoms with Gasteiger partial charge < -0.3 is 9.47 Å². The fourth-order valence-corrected chi connectivity index (χ4v) is 1.47. The van der Waals surface area contributed by atoms with Crippen LogP contribution in [0.1, 0.15) is 38.2 Å². The molecule has 0 radical (unpaired) electrons. The van der Waals surface area contributed by atoms with Crippen molar-refractivity contribution in [1.29, 1.82) is 0 Å². The van der Waals surface area contributed by atoms with E-state index in [1.165, 1.54) is 0 Å². The molecule has 0 saturated carbocycles. The van der Waals surface area contributed by atoms with Gasteiger partial charge in [0.05, 0.1) is 19.6 Å². The monoisotopic (exact) mass is 236 g/mol. The van der Waals surface area contributed by atoms with Crippen LogP contribution in [-0.2, 0) is 9.53 Å². The summed E-state index contributed by atoms with van der Waals surface area (Å²) in [6.45, 7) is 4.44. The summed E-state index contributed by atoms with van der Waals surface area (Å²) in [6, 6.07) is 7.49. The molecule has 0 aliphatic rings. The summed E-state index contributed by atoms with van der Waals surface area (Å²) in [6.07, 6.45) is 1.95. The Hall–Kier alpha value is -1.51. The van der Waals surface area contributed by atoms with Crippen LogP contribution in [0.4, 0.5) is 0 Å². The van der Waals surface area contributed by atoms with Crippen LogP contribution in [0, 0.1) is 0 Å². The number of carbonyl (C=O) groups excluding carboxylic acids is 1. The molecule has 1 aromatic rings. The average molecular weight is 236 g/mol. The van der Waals surface area contributed by atoms with Gasteiger partial charge in [-0.25, -0.2) is 0 Å². The fourth-order valence-electron chi connectivity index (χ4n) is 1.47. The van der Waals surface area contributed by atoms with E-state index < -0.39 is 0 Å². The smallest absolute Gasteiger partial charge is 0.313 e. The first-order chi connectivity index (χ1) is 8.19. The maximum atomic E-state index is 11.7. The van der Waals surface area contributed by atoms with Crippen LogP contribution >= 0.6 is 0 Å². The highest BCUT2D eigenvalue weighted by atomic mass is 16.5. The lowest BCUT2D eigenvalue weighted by Gasteiger charge is -2.12. The molecular weight excluding hydrogens is 216 g/mol. The molecule has 0 bridgehead atoms. The molecule has 0 N–H and O–H groups in total. The summed E-state index contributed by atoms with van der Waals surface area (Å²) in [7, 11) is 1.62. The second-order valence-corrected chi connectivity index (χ2v) is 4.02. The summed E-state index contributed by atoms with van der Waals surface area (Å²) in [5.41, 5.74) is 0.951. The lowest BCUT2D eigenvalue weighted by atomic mass is 10.0. The number of methoxy groups -OCH3 is 1. The van der Waals surface area contributed by atoms with Crippen molar-refractivity contribution in [2.24, 2.45) is 0 Å². The SMILES string of the molecule is CCCCOC(=O)C(C)c1ccc(OC)cc1. The van der Waals surface area contributed by atoms with Crippen molar-refractivity contribution in [3.63, 3.8) is 0 Å². The highest BCUT2D eigenvalue weighted by Crippen LogP contribution is 2.20. The van der Waals surface area contributed by atoms with E-state index in [9.17, 15) is 4.79 Å². The van der Waals surface area contributed by atoms with Gasteiger partial charge >= 0.3 is 5.97 Å². The van der Waals surface area contributed by atoms with Crippen LogP contribution in [0.25, 0.3) is 0 Å². The van der Waals surface area contributed by atoms with E-state index in [0.717, 1.165) is 24.2 Å². The van der Waals surface area contributed by atoms with Gasteiger partial charge in [0.2, 0.25) is 0 Å². The van der Waals surface area contributed by atoms with Crippen LogP contribution in [0.3, 0.4) is 0 Å². The normalized spacial score (nSPS) is 11.9. The molecule has 3 nitrogen and oxygen atoms in total. The van der Waals surface area contributed by atoms with Gasteiger partial charge in [0.25, 0.3) is 0 Å². The molecule has 17 heavy (non-hydrogen) atoms. The number of carbonyl (C=O) groups is 1. The first-order valence-electron chi connectivity index (χ1n) is 5.99. The van der Waals surface area contributed by atoms with E-state index in [0.29, 0.717) is 6.61 Å². The second-order valence-electron chi connectivity index (χ2n) is 4.02. The standard InChI is InChI=1S/C14H20O3/c1-4-5-10-17-14(15)11(2)12-6-8-13(16-3)9-7-12/h6-9,11H,4-5,10H2,1-3H3. The Morgan fingerprint density at radius 3 is 2.47 bits per heavy atom. The summed E-state index contributed by atoms with van der Waals surface area (Å²) >= 11 is 0. The zero-order chi connectivity index (χ0) is 12.7. The number of hydrogen-bond acceptors (Lipinski definition) is 3. The molecule has 1 unspecified atom stereocenters. The van der Waals surface area contributed by atoms with Gasteiger partial charge in [-0.2, -0.15) is 0 Å². The van der Waals surface area contributed by atoms with Gasteiger partial charge in [-0.3, -0.25) is 4.79 Å². The molecule has 0 aliphatic carbocycles. The number of unbranched alkanes of at least 4 members (excludes halogenated alkanes) is 1. The number of ether oxygens (including phenoxy) is 2. The third kappa shape index (κ3) is 4.10. The quantitative estimate of drug-likeness (QED) is 0.562. The van der Waals surface area contributed by atoms with E-state index in [-0.39, 0.29) is 11.9 Å². The van der Waals surface area contributed by atoms with Gasteiger partial charge in [0, 0.05) is 0 Å². The van der Waals surface area contributed by atoms with Crippen LogP contribution in [0.5, 0.6) is 5.75 Å². The zero-order valence-corrected chi connectivity index (χ0v) is 10.7. The molecule has 1 atom stereocenters. The van der Waals surface area contributed by atoms with E-state index in [2.05, 4.69) is 6.92 Å². The van der Waals surface area contributed by atoms with Gasteiger partial charge in [0.15, 0.2) is 0 Å². The first-order valence-corrected chi connectivity index (χ1v) is 5.99. The number of hydrogen-bond donors (Lipinski definition) is 0. The Balaban J connectivity index is 2.55. The third-order valence-electron chi connectivity index (χ3n) is 2.71. The minimum absolute atomic E-state index is 0.163. The van der Waals surface area contributed by atoms with Gasteiger partial charge in [-0.1, -0.05) is 25.5 Å². The topological polar surface area (TPSA) is 35.5 Å². The predicted octanol–water partition coefficient (Wildman–Crippen LogP) is 3.14. The van der Waals surface area contributed by atoms with Crippen LogP contribution in [0.2, 0.25) is 0 Å². The van der Waals surface area contributed by atoms with Crippen LogP contribution in [0.15, 0.2) is 24.3 Å². The number of esters is 1. The van der Waals surface area contributed by atoms with E-state index in [1.54, 1.807) is 7.11 Å². The molecule has 1 aromatic carbocycles. The lowest BCUT2D eigenvalue weighted by Crippen LogP contribution is -2.13. The Morgan fingerprint density at radius 2 is 1.94 bits per heavy atom. The largest absolute Gasteiger partial charge is 0.497 e. The van der Waals surface area contributed by atoms with Gasteiger partial charge in [0.1, 0.15) is 5.75 Å². The van der Waals surface area contributed by atoms with Crippen molar-refractivity contribution in [3.05, 3.63) is 29.8 Å². The van der Waals surface area contributed by atoms with E-state index in [4.69, 9.17) is 9.47 Å². The molecule has 0 saturated heterocycles. The second kappa shape index (κ2) is 6.94. The summed E-state index contributed by atoms with van der Waals surface area (Å²) in [5.74, 6) is 0.404. The molecule has 0 aliphatic heterocycles. The van der Waals surface area contributed by atoms with Gasteiger partial charge in [-0.15, -0.1) is 0 Å². The Bertz CT molecular complexity index is 343. The summed E-state index contributed by atoms with van der Waals surface area (Å²) < 4.78 is 10.3. The van der Waals surface area contributed by atoms with Crippen molar-refractivity contribution in [3.8, 4) is 5.75 Å². The van der Waals surface area contributed by atoms with Crippen molar-refractivity contribution < 1.29 is 14.3 Å². The molecule has 94 valence electrons. The average Bonchev–Trinajstić information content (AvgIpc) is 2.38. The Morgan fingerprint density at radius 1 is 1.29 bits per heavy atom. The maximum Gasteiger partial charge on any atom is 0.313 e. The third-order valence-corrected chi connectivity index (χ3v) is 2.71. The summed E-state index contributed by atoms with van der Waals surface area (Å²) in [4.78, 5) is 11.7. The first kappa shape index (κ1) is 13.6. The Labute approximate surface area is 103 Å². The minimum Gasteiger partial charge on any atom is -0.497 e. The van der Waals surface area contributed by atoms with E-state index in [1.807, 2.05) is 31.2 Å². The van der Waals surface area contributed by atoms with Gasteiger partial charge in [-0.05, 0) is 31.0 Å². The number of rotatable bonds is 6. The maximum absolute atomic E-state index is 11.7. The van der Waals surface area contributed by atoms with Crippen molar-refractivity contribution >= 4 is 5.97 Å². The van der Waals surface area contributed by atoms with Crippen molar-refractivity contribution in [2.45, 2.75) is 32.6 Å². The zero-order valence-electron chi connectivity index (χ0n) is 10.7. The molecule has 3 heteroatoms. The van der Waals surface area contributed by atoms with E-state index >= 15 is 0 Å².